The number of thiol groups is 1. The third-order valence-electron chi connectivity index (χ3n) is 2.11. The van der Waals surface area contributed by atoms with Crippen molar-refractivity contribution in [3.63, 3.8) is 0 Å². The molecule has 0 fully saturated rings. The summed E-state index contributed by atoms with van der Waals surface area (Å²) >= 11 is 4.54. The number of carbonyl (C=O) groups is 1. The smallest absolute Gasteiger partial charge is 0.407 e. The molecule has 0 aliphatic rings. The molecule has 0 saturated heterocycles. The molecule has 0 spiro atoms. The lowest BCUT2D eigenvalue weighted by Crippen LogP contribution is -2.33. The van der Waals surface area contributed by atoms with Gasteiger partial charge in [0.05, 0.1) is 0 Å². The van der Waals surface area contributed by atoms with Gasteiger partial charge in [-0.3, -0.25) is 0 Å². The van der Waals surface area contributed by atoms with Gasteiger partial charge in [0.2, 0.25) is 0 Å². The van der Waals surface area contributed by atoms with E-state index in [0.717, 1.165) is 12.8 Å². The second-order valence-corrected chi connectivity index (χ2v) is 9.90. The largest absolute Gasteiger partial charge is 0.444 e. The SMILES string of the molecule is C[SiH](C)C(S)CCCNC(=O)OC(C)(C)C. The molecule has 0 aromatic carbocycles. The van der Waals surface area contributed by atoms with Crippen LogP contribution in [0.15, 0.2) is 0 Å². The fraction of sp³-hybridized carbons (Fsp3) is 0.909. The zero-order valence-electron chi connectivity index (χ0n) is 11.0. The monoisotopic (exact) mass is 263 g/mol. The number of ether oxygens (including phenoxy) is 1. The minimum atomic E-state index is -0.646. The molecule has 0 aliphatic carbocycles. The molecule has 0 aliphatic heterocycles. The molecule has 1 amide bonds. The Morgan fingerprint density at radius 3 is 2.44 bits per heavy atom. The first kappa shape index (κ1) is 15.8. The van der Waals surface area contributed by atoms with Gasteiger partial charge in [-0.15, -0.1) is 0 Å². The van der Waals surface area contributed by atoms with Crippen LogP contribution in [0, 0.1) is 0 Å². The van der Waals surface area contributed by atoms with E-state index < -0.39 is 14.4 Å². The van der Waals surface area contributed by atoms with Gasteiger partial charge in [0, 0.05) is 15.3 Å². The zero-order chi connectivity index (χ0) is 12.8. The van der Waals surface area contributed by atoms with Crippen molar-refractivity contribution in [2.45, 2.75) is 57.2 Å². The van der Waals surface area contributed by atoms with Crippen LogP contribution >= 0.6 is 12.6 Å². The van der Waals surface area contributed by atoms with Gasteiger partial charge in [0.25, 0.3) is 0 Å². The topological polar surface area (TPSA) is 38.3 Å². The van der Waals surface area contributed by atoms with Gasteiger partial charge in [-0.2, -0.15) is 12.6 Å². The Morgan fingerprint density at radius 1 is 1.44 bits per heavy atom. The van der Waals surface area contributed by atoms with Crippen molar-refractivity contribution in [1.29, 1.82) is 0 Å². The Bertz CT molecular complexity index is 217. The van der Waals surface area contributed by atoms with E-state index in [9.17, 15) is 4.79 Å². The second kappa shape index (κ2) is 7.22. The van der Waals surface area contributed by atoms with E-state index in [1.54, 1.807) is 0 Å². The molecule has 3 nitrogen and oxygen atoms in total. The van der Waals surface area contributed by atoms with Crippen molar-refractivity contribution in [3.05, 3.63) is 0 Å². The molecule has 0 aromatic heterocycles. The first-order valence-corrected chi connectivity index (χ1v) is 9.36. The van der Waals surface area contributed by atoms with Crippen LogP contribution in [-0.2, 0) is 4.74 Å². The molecule has 0 aromatic rings. The minimum Gasteiger partial charge on any atom is -0.444 e. The summed E-state index contributed by atoms with van der Waals surface area (Å²) in [6.07, 6.45) is 1.71. The van der Waals surface area contributed by atoms with E-state index in [4.69, 9.17) is 4.74 Å². The van der Waals surface area contributed by atoms with Gasteiger partial charge in [0.1, 0.15) is 5.60 Å². The van der Waals surface area contributed by atoms with E-state index in [2.05, 4.69) is 31.0 Å². The van der Waals surface area contributed by atoms with Crippen LogP contribution in [0.25, 0.3) is 0 Å². The summed E-state index contributed by atoms with van der Waals surface area (Å²) in [5.74, 6) is 0. The van der Waals surface area contributed by atoms with E-state index >= 15 is 0 Å². The number of hydrogen-bond acceptors (Lipinski definition) is 3. The van der Waals surface area contributed by atoms with E-state index in [0.29, 0.717) is 11.4 Å². The molecule has 0 radical (unpaired) electrons. The Kier molecular flexibility index (Phi) is 7.15. The van der Waals surface area contributed by atoms with Crippen LogP contribution < -0.4 is 5.32 Å². The van der Waals surface area contributed by atoms with Crippen molar-refractivity contribution in [2.75, 3.05) is 6.54 Å². The minimum absolute atomic E-state index is 0.329. The summed E-state index contributed by atoms with van der Waals surface area (Å²) in [6, 6.07) is 0. The molecule has 96 valence electrons. The number of nitrogens with one attached hydrogen (secondary N) is 1. The lowest BCUT2D eigenvalue weighted by atomic mass is 10.2. The highest BCUT2D eigenvalue weighted by molar-refractivity contribution is 7.82. The first-order chi connectivity index (χ1) is 7.22. The highest BCUT2D eigenvalue weighted by Crippen LogP contribution is 2.09. The molecule has 0 heterocycles. The van der Waals surface area contributed by atoms with Crippen LogP contribution in [-0.4, -0.2) is 31.9 Å². The lowest BCUT2D eigenvalue weighted by Gasteiger charge is -2.20. The highest BCUT2D eigenvalue weighted by atomic mass is 32.1. The number of alkyl carbamates (subject to hydrolysis) is 1. The van der Waals surface area contributed by atoms with Crippen molar-refractivity contribution in [2.24, 2.45) is 0 Å². The van der Waals surface area contributed by atoms with Crippen LogP contribution in [0.5, 0.6) is 0 Å². The number of hydrogen-bond donors (Lipinski definition) is 2. The number of rotatable bonds is 5. The summed E-state index contributed by atoms with van der Waals surface area (Å²) in [6.45, 7) is 10.8. The highest BCUT2D eigenvalue weighted by Gasteiger charge is 2.15. The van der Waals surface area contributed by atoms with E-state index in [-0.39, 0.29) is 6.09 Å². The fourth-order valence-corrected chi connectivity index (χ4v) is 2.23. The number of amides is 1. The molecule has 5 heteroatoms. The van der Waals surface area contributed by atoms with Gasteiger partial charge in [-0.25, -0.2) is 4.79 Å². The third-order valence-corrected chi connectivity index (χ3v) is 6.03. The summed E-state index contributed by atoms with van der Waals surface area (Å²) in [5, 5.41) is 2.75. The summed E-state index contributed by atoms with van der Waals surface area (Å²) in [5.41, 5.74) is -0.416. The van der Waals surface area contributed by atoms with Crippen molar-refractivity contribution < 1.29 is 9.53 Å². The summed E-state index contributed by atoms with van der Waals surface area (Å²) < 4.78 is 5.13. The van der Waals surface area contributed by atoms with E-state index in [1.165, 1.54) is 0 Å². The van der Waals surface area contributed by atoms with Gasteiger partial charge in [0.15, 0.2) is 0 Å². The Morgan fingerprint density at radius 2 is 2.00 bits per heavy atom. The molecular formula is C11H25NO2SSi. The van der Waals surface area contributed by atoms with Crippen LogP contribution in [0.1, 0.15) is 33.6 Å². The summed E-state index contributed by atoms with van der Waals surface area (Å²) in [7, 11) is -0.646. The maximum Gasteiger partial charge on any atom is 0.407 e. The molecule has 0 bridgehead atoms. The average Bonchev–Trinajstić information content (AvgIpc) is 2.08. The molecule has 1 N–H and O–H groups in total. The molecule has 16 heavy (non-hydrogen) atoms. The Labute approximate surface area is 106 Å². The zero-order valence-corrected chi connectivity index (χ0v) is 13.1. The molecule has 1 atom stereocenters. The van der Waals surface area contributed by atoms with E-state index in [1.807, 2.05) is 20.8 Å². The van der Waals surface area contributed by atoms with Gasteiger partial charge < -0.3 is 10.1 Å². The van der Waals surface area contributed by atoms with Gasteiger partial charge >= 0.3 is 6.09 Å². The maximum absolute atomic E-state index is 11.3. The lowest BCUT2D eigenvalue weighted by molar-refractivity contribution is 0.0527. The van der Waals surface area contributed by atoms with Gasteiger partial charge in [-0.1, -0.05) is 13.1 Å². The predicted octanol–water partition coefficient (Wildman–Crippen LogP) is 2.62. The predicted molar refractivity (Wildman–Crippen MR) is 75.1 cm³/mol. The standard InChI is InChI=1S/C11H25NO2SSi/c1-11(2,3)14-10(13)12-8-6-7-9(15)16(4)5/h9,15-16H,6-8H2,1-5H3,(H,12,13). The normalized spacial score (nSPS) is 13.7. The van der Waals surface area contributed by atoms with Crippen molar-refractivity contribution in [1.82, 2.24) is 5.32 Å². The summed E-state index contributed by atoms with van der Waals surface area (Å²) in [4.78, 5) is 11.8. The maximum atomic E-state index is 11.3. The molecule has 0 saturated carbocycles. The average molecular weight is 263 g/mol. The van der Waals surface area contributed by atoms with Crippen molar-refractivity contribution in [3.8, 4) is 0 Å². The molecule has 1 unspecified atom stereocenters. The van der Waals surface area contributed by atoms with Crippen LogP contribution in [0.2, 0.25) is 13.1 Å². The van der Waals surface area contributed by atoms with Crippen LogP contribution in [0.4, 0.5) is 4.79 Å². The number of carbonyl (C=O) groups excluding carboxylic acids is 1. The molecule has 0 rings (SSSR count). The first-order valence-electron chi connectivity index (χ1n) is 5.87. The fourth-order valence-electron chi connectivity index (χ4n) is 1.15. The Hall–Kier alpha value is -0.163. The van der Waals surface area contributed by atoms with Gasteiger partial charge in [-0.05, 0) is 38.5 Å². The quantitative estimate of drug-likeness (QED) is 0.455. The molecular weight excluding hydrogens is 238 g/mol. The Balaban J connectivity index is 3.56. The third kappa shape index (κ3) is 9.09. The second-order valence-electron chi connectivity index (χ2n) is 5.38. The van der Waals surface area contributed by atoms with Crippen molar-refractivity contribution >= 4 is 27.5 Å². The van der Waals surface area contributed by atoms with Crippen LogP contribution in [0.3, 0.4) is 0 Å².